The number of nitrogens with one attached hydrogen (secondary N) is 2. The molecule has 2 N–H and O–H groups in total. The van der Waals surface area contributed by atoms with Gasteiger partial charge in [0.15, 0.2) is 0 Å². The number of H-pyrrole nitrogens is 1. The summed E-state index contributed by atoms with van der Waals surface area (Å²) in [5, 5.41) is 6.02. The number of para-hydroxylation sites is 1. The Morgan fingerprint density at radius 2 is 1.77 bits per heavy atom. The molecule has 0 radical (unpaired) electrons. The van der Waals surface area contributed by atoms with Gasteiger partial charge in [-0.1, -0.05) is 31.0 Å². The van der Waals surface area contributed by atoms with E-state index in [1.54, 1.807) is 0 Å². The highest BCUT2D eigenvalue weighted by Crippen LogP contribution is 2.36. The number of aromatic nitrogens is 2. The number of hydrogen-bond donors (Lipinski definition) is 2. The summed E-state index contributed by atoms with van der Waals surface area (Å²) in [6.07, 6.45) is 7.26. The van der Waals surface area contributed by atoms with Gasteiger partial charge in [0.2, 0.25) is 0 Å². The number of nitrogens with zero attached hydrogens (tertiary/aromatic N) is 2. The Kier molecular flexibility index (Phi) is 4.68. The van der Waals surface area contributed by atoms with Crippen molar-refractivity contribution in [2.45, 2.75) is 44.1 Å². The molecule has 1 saturated heterocycles. The molecule has 1 aromatic heterocycles. The van der Waals surface area contributed by atoms with Crippen LogP contribution in [-0.4, -0.2) is 45.8 Å². The van der Waals surface area contributed by atoms with Crippen molar-refractivity contribution in [3.8, 4) is 5.69 Å². The molecule has 2 aliphatic rings. The van der Waals surface area contributed by atoms with Crippen LogP contribution >= 0.6 is 0 Å². The van der Waals surface area contributed by atoms with E-state index in [0.29, 0.717) is 12.2 Å². The normalized spacial score (nSPS) is 19.7. The minimum atomic E-state index is -0.225. The Morgan fingerprint density at radius 1 is 1.08 bits per heavy atom. The molecule has 1 aliphatic heterocycles. The Bertz CT molecular complexity index is 812. The number of likely N-dealkylation sites (tertiary alicyclic amines) is 1. The molecule has 26 heavy (non-hydrogen) atoms. The van der Waals surface area contributed by atoms with Gasteiger partial charge in [0, 0.05) is 18.2 Å². The molecule has 2 fully saturated rings. The Labute approximate surface area is 153 Å². The van der Waals surface area contributed by atoms with Crippen LogP contribution < -0.4 is 10.9 Å². The van der Waals surface area contributed by atoms with E-state index in [1.165, 1.54) is 36.4 Å². The molecule has 1 amide bonds. The summed E-state index contributed by atoms with van der Waals surface area (Å²) in [4.78, 5) is 27.4. The van der Waals surface area contributed by atoms with Crippen LogP contribution in [0.15, 0.2) is 41.2 Å². The highest BCUT2D eigenvalue weighted by atomic mass is 16.2. The molecule has 1 aliphatic carbocycles. The molecule has 0 bridgehead atoms. The topological polar surface area (TPSA) is 70.1 Å². The minimum Gasteiger partial charge on any atom is -0.349 e. The molecule has 0 unspecified atom stereocenters. The van der Waals surface area contributed by atoms with Crippen molar-refractivity contribution in [3.05, 3.63) is 52.4 Å². The van der Waals surface area contributed by atoms with Crippen LogP contribution in [0.25, 0.3) is 5.69 Å². The van der Waals surface area contributed by atoms with Crippen molar-refractivity contribution in [2.24, 2.45) is 0 Å². The van der Waals surface area contributed by atoms with Gasteiger partial charge in [0.1, 0.15) is 5.69 Å². The molecular weight excluding hydrogens is 328 g/mol. The van der Waals surface area contributed by atoms with Crippen LogP contribution in [0.1, 0.15) is 49.0 Å². The number of rotatable bonds is 5. The van der Waals surface area contributed by atoms with Gasteiger partial charge >= 0.3 is 0 Å². The largest absolute Gasteiger partial charge is 0.349 e. The summed E-state index contributed by atoms with van der Waals surface area (Å²) < 4.78 is 1.40. The van der Waals surface area contributed by atoms with Gasteiger partial charge in [0.25, 0.3) is 11.5 Å². The molecule has 2 aromatic rings. The lowest BCUT2D eigenvalue weighted by Gasteiger charge is -2.39. The van der Waals surface area contributed by atoms with Crippen molar-refractivity contribution >= 4 is 5.91 Å². The maximum absolute atomic E-state index is 12.6. The van der Waals surface area contributed by atoms with E-state index in [0.717, 1.165) is 31.6 Å². The van der Waals surface area contributed by atoms with Crippen molar-refractivity contribution in [1.82, 2.24) is 20.0 Å². The number of amides is 1. The van der Waals surface area contributed by atoms with Crippen LogP contribution in [0.4, 0.5) is 0 Å². The first-order chi connectivity index (χ1) is 12.7. The zero-order valence-electron chi connectivity index (χ0n) is 15.0. The Balaban J connectivity index is 1.47. The van der Waals surface area contributed by atoms with E-state index < -0.39 is 0 Å². The van der Waals surface area contributed by atoms with Gasteiger partial charge in [-0.3, -0.25) is 19.6 Å². The SMILES string of the molecule is O=C(NCC1(N2CCCC2)CCCC1)c1cc(=O)n(-c2ccccc2)[nH]1. The number of aromatic amines is 1. The third-order valence-corrected chi connectivity index (χ3v) is 5.87. The first kappa shape index (κ1) is 17.1. The zero-order chi connectivity index (χ0) is 18.0. The van der Waals surface area contributed by atoms with Gasteiger partial charge in [-0.2, -0.15) is 0 Å². The molecule has 0 atom stereocenters. The number of carbonyl (C=O) groups is 1. The fourth-order valence-electron chi connectivity index (χ4n) is 4.45. The highest BCUT2D eigenvalue weighted by molar-refractivity contribution is 5.92. The molecule has 2 heterocycles. The van der Waals surface area contributed by atoms with E-state index in [4.69, 9.17) is 0 Å². The van der Waals surface area contributed by atoms with E-state index >= 15 is 0 Å². The molecule has 6 nitrogen and oxygen atoms in total. The quantitative estimate of drug-likeness (QED) is 0.866. The second-order valence-corrected chi connectivity index (χ2v) is 7.49. The lowest BCUT2D eigenvalue weighted by atomic mass is 9.95. The lowest BCUT2D eigenvalue weighted by molar-refractivity contribution is 0.0855. The van der Waals surface area contributed by atoms with E-state index in [-0.39, 0.29) is 17.0 Å². The summed E-state index contributed by atoms with van der Waals surface area (Å²) in [7, 11) is 0. The molecule has 138 valence electrons. The van der Waals surface area contributed by atoms with Crippen molar-refractivity contribution in [3.63, 3.8) is 0 Å². The summed E-state index contributed by atoms with van der Waals surface area (Å²) in [5.74, 6) is -0.206. The van der Waals surface area contributed by atoms with Crippen LogP contribution in [0.5, 0.6) is 0 Å². The van der Waals surface area contributed by atoms with Crippen LogP contribution in [-0.2, 0) is 0 Å². The third kappa shape index (κ3) is 3.21. The predicted molar refractivity (Wildman–Crippen MR) is 101 cm³/mol. The Hall–Kier alpha value is -2.34. The van der Waals surface area contributed by atoms with Crippen LogP contribution in [0, 0.1) is 0 Å². The standard InChI is InChI=1S/C20H26N4O2/c25-18-14-17(22-24(18)16-8-2-1-3-9-16)19(26)21-15-20(10-4-5-11-20)23-12-6-7-13-23/h1-3,8-9,14,22H,4-7,10-13,15H2,(H,21,26). The maximum atomic E-state index is 12.6. The van der Waals surface area contributed by atoms with Crippen molar-refractivity contribution < 1.29 is 4.79 Å². The first-order valence-electron chi connectivity index (χ1n) is 9.59. The lowest BCUT2D eigenvalue weighted by Crippen LogP contribution is -2.53. The van der Waals surface area contributed by atoms with E-state index in [1.807, 2.05) is 30.3 Å². The molecule has 4 rings (SSSR count). The smallest absolute Gasteiger partial charge is 0.271 e. The number of hydrogen-bond acceptors (Lipinski definition) is 3. The average Bonchev–Trinajstić information content (AvgIpc) is 3.41. The summed E-state index contributed by atoms with van der Waals surface area (Å²) >= 11 is 0. The second kappa shape index (κ2) is 7.11. The second-order valence-electron chi connectivity index (χ2n) is 7.49. The average molecular weight is 354 g/mol. The molecule has 6 heteroatoms. The Morgan fingerprint density at radius 3 is 2.46 bits per heavy atom. The zero-order valence-corrected chi connectivity index (χ0v) is 15.0. The summed E-state index contributed by atoms with van der Waals surface area (Å²) in [6, 6.07) is 10.7. The van der Waals surface area contributed by atoms with Gasteiger partial charge in [-0.05, 0) is 50.9 Å². The van der Waals surface area contributed by atoms with Crippen LogP contribution in [0.3, 0.4) is 0 Å². The van der Waals surface area contributed by atoms with Crippen molar-refractivity contribution in [2.75, 3.05) is 19.6 Å². The maximum Gasteiger partial charge on any atom is 0.271 e. The fraction of sp³-hybridized carbons (Fsp3) is 0.500. The predicted octanol–water partition coefficient (Wildman–Crippen LogP) is 2.30. The molecule has 0 spiro atoms. The molecule has 1 saturated carbocycles. The minimum absolute atomic E-state index is 0.106. The summed E-state index contributed by atoms with van der Waals surface area (Å²) in [5.41, 5.74) is 0.917. The van der Waals surface area contributed by atoms with Crippen LogP contribution in [0.2, 0.25) is 0 Å². The van der Waals surface area contributed by atoms with Crippen molar-refractivity contribution in [1.29, 1.82) is 0 Å². The summed E-state index contributed by atoms with van der Waals surface area (Å²) in [6.45, 7) is 2.93. The fourth-order valence-corrected chi connectivity index (χ4v) is 4.45. The van der Waals surface area contributed by atoms with E-state index in [2.05, 4.69) is 15.3 Å². The van der Waals surface area contributed by atoms with Gasteiger partial charge in [-0.15, -0.1) is 0 Å². The number of carbonyl (C=O) groups excluding carboxylic acids is 1. The first-order valence-corrected chi connectivity index (χ1v) is 9.59. The number of benzene rings is 1. The highest BCUT2D eigenvalue weighted by Gasteiger charge is 2.40. The molecule has 1 aromatic carbocycles. The van der Waals surface area contributed by atoms with Gasteiger partial charge in [0.05, 0.1) is 5.69 Å². The van der Waals surface area contributed by atoms with E-state index in [9.17, 15) is 9.59 Å². The van der Waals surface area contributed by atoms with Gasteiger partial charge in [-0.25, -0.2) is 4.68 Å². The molecular formula is C20H26N4O2. The monoisotopic (exact) mass is 354 g/mol. The van der Waals surface area contributed by atoms with Gasteiger partial charge < -0.3 is 5.32 Å². The third-order valence-electron chi connectivity index (χ3n) is 5.87.